The normalized spacial score (nSPS) is 13.0. The van der Waals surface area contributed by atoms with Gasteiger partial charge in [-0.3, -0.25) is 0 Å². The van der Waals surface area contributed by atoms with Gasteiger partial charge in [0.25, 0.3) is 0 Å². The summed E-state index contributed by atoms with van der Waals surface area (Å²) in [5, 5.41) is 19.3. The number of benzene rings is 2. The third kappa shape index (κ3) is 4.11. The van der Waals surface area contributed by atoms with Crippen LogP contribution in [0.3, 0.4) is 0 Å². The Morgan fingerprint density at radius 1 is 0.917 bits per heavy atom. The van der Waals surface area contributed by atoms with Crippen molar-refractivity contribution in [3.05, 3.63) is 59.7 Å². The van der Waals surface area contributed by atoms with Crippen LogP contribution in [-0.4, -0.2) is 34.4 Å². The second-order valence-corrected chi connectivity index (χ2v) is 5.27. The van der Waals surface area contributed by atoms with Crippen molar-refractivity contribution < 1.29 is 29.3 Å². The quantitative estimate of drug-likeness (QED) is 0.622. The van der Waals surface area contributed by atoms with E-state index in [1.165, 1.54) is 0 Å². The Labute approximate surface area is 139 Å². The van der Waals surface area contributed by atoms with Crippen molar-refractivity contribution in [3.8, 4) is 11.5 Å². The number of aliphatic hydroxyl groups excluding tert-OH is 1. The molecule has 0 fully saturated rings. The molecule has 0 heterocycles. The Kier molecular flexibility index (Phi) is 5.55. The van der Waals surface area contributed by atoms with Crippen LogP contribution in [0, 0.1) is 13.8 Å². The van der Waals surface area contributed by atoms with Crippen LogP contribution in [0.5, 0.6) is 11.5 Å². The second-order valence-electron chi connectivity index (χ2n) is 5.27. The predicted molar refractivity (Wildman–Crippen MR) is 86.1 cm³/mol. The van der Waals surface area contributed by atoms with Gasteiger partial charge in [-0.25, -0.2) is 9.59 Å². The molecule has 0 aliphatic rings. The summed E-state index contributed by atoms with van der Waals surface area (Å²) in [6.07, 6.45) is -3.75. The van der Waals surface area contributed by atoms with E-state index in [0.29, 0.717) is 11.1 Å². The molecular formula is C18H18O6. The molecule has 2 N–H and O–H groups in total. The number of rotatable bonds is 6. The summed E-state index contributed by atoms with van der Waals surface area (Å²) in [6, 6.07) is 13.4. The number of aliphatic hydroxyl groups is 1. The molecule has 24 heavy (non-hydrogen) atoms. The van der Waals surface area contributed by atoms with Gasteiger partial charge >= 0.3 is 11.9 Å². The topological polar surface area (TPSA) is 93.1 Å². The lowest BCUT2D eigenvalue weighted by atomic mass is 10.1. The van der Waals surface area contributed by atoms with E-state index < -0.39 is 24.1 Å². The zero-order valence-corrected chi connectivity index (χ0v) is 13.3. The first-order valence-electron chi connectivity index (χ1n) is 7.30. The van der Waals surface area contributed by atoms with Gasteiger partial charge < -0.3 is 19.7 Å². The minimum absolute atomic E-state index is 0.251. The molecule has 2 atom stereocenters. The van der Waals surface area contributed by atoms with Gasteiger partial charge in [0.1, 0.15) is 11.5 Å². The standard InChI is InChI=1S/C18H18O6/c1-11-7-3-5-9-13(11)23-16(17(20)21)15(19)18(22)24-14-10-6-4-8-12(14)2/h3-10,15-16,19H,1-2H3,(H,20,21). The van der Waals surface area contributed by atoms with E-state index >= 15 is 0 Å². The molecule has 6 nitrogen and oxygen atoms in total. The van der Waals surface area contributed by atoms with Crippen molar-refractivity contribution in [2.75, 3.05) is 0 Å². The Morgan fingerprint density at radius 2 is 1.42 bits per heavy atom. The van der Waals surface area contributed by atoms with Crippen LogP contribution >= 0.6 is 0 Å². The molecule has 2 rings (SSSR count). The smallest absolute Gasteiger partial charge is 0.348 e. The van der Waals surface area contributed by atoms with Gasteiger partial charge in [0.15, 0.2) is 6.10 Å². The van der Waals surface area contributed by atoms with Crippen molar-refractivity contribution in [1.82, 2.24) is 0 Å². The lowest BCUT2D eigenvalue weighted by molar-refractivity contribution is -0.162. The number of carbonyl (C=O) groups is 2. The number of para-hydroxylation sites is 2. The molecule has 0 aliphatic heterocycles. The highest BCUT2D eigenvalue weighted by Gasteiger charge is 2.36. The fraction of sp³-hybridized carbons (Fsp3) is 0.222. The van der Waals surface area contributed by atoms with E-state index in [1.807, 2.05) is 0 Å². The number of esters is 1. The Balaban J connectivity index is 2.15. The molecule has 0 saturated carbocycles. The average Bonchev–Trinajstić information content (AvgIpc) is 2.55. The molecule has 0 bridgehead atoms. The number of ether oxygens (including phenoxy) is 2. The lowest BCUT2D eigenvalue weighted by Gasteiger charge is -2.20. The van der Waals surface area contributed by atoms with Gasteiger partial charge in [-0.15, -0.1) is 0 Å². The molecule has 2 aromatic rings. The zero-order valence-electron chi connectivity index (χ0n) is 13.3. The fourth-order valence-corrected chi connectivity index (χ4v) is 2.04. The first-order chi connectivity index (χ1) is 11.4. The number of hydrogen-bond donors (Lipinski definition) is 2. The monoisotopic (exact) mass is 330 g/mol. The minimum Gasteiger partial charge on any atom is -0.478 e. The van der Waals surface area contributed by atoms with Gasteiger partial charge in [0, 0.05) is 0 Å². The lowest BCUT2D eigenvalue weighted by Crippen LogP contribution is -2.45. The Bertz CT molecular complexity index is 740. The van der Waals surface area contributed by atoms with E-state index in [4.69, 9.17) is 9.47 Å². The molecule has 0 amide bonds. The highest BCUT2D eigenvalue weighted by Crippen LogP contribution is 2.21. The molecule has 0 radical (unpaired) electrons. The number of carbonyl (C=O) groups excluding carboxylic acids is 1. The first kappa shape index (κ1) is 17.5. The molecule has 126 valence electrons. The molecule has 2 unspecified atom stereocenters. The van der Waals surface area contributed by atoms with Gasteiger partial charge in [-0.05, 0) is 37.1 Å². The van der Waals surface area contributed by atoms with Crippen LogP contribution in [0.25, 0.3) is 0 Å². The highest BCUT2D eigenvalue weighted by atomic mass is 16.6. The van der Waals surface area contributed by atoms with Gasteiger partial charge in [0.2, 0.25) is 6.10 Å². The molecule has 0 saturated heterocycles. The number of carboxylic acid groups (broad SMARTS) is 1. The van der Waals surface area contributed by atoms with Crippen LogP contribution in [0.4, 0.5) is 0 Å². The van der Waals surface area contributed by atoms with Crippen LogP contribution < -0.4 is 9.47 Å². The number of carboxylic acids is 1. The molecular weight excluding hydrogens is 312 g/mol. The number of hydrogen-bond acceptors (Lipinski definition) is 5. The van der Waals surface area contributed by atoms with Crippen molar-refractivity contribution in [3.63, 3.8) is 0 Å². The third-order valence-electron chi connectivity index (χ3n) is 3.42. The van der Waals surface area contributed by atoms with E-state index in [0.717, 1.165) is 0 Å². The van der Waals surface area contributed by atoms with Gasteiger partial charge in [0.05, 0.1) is 0 Å². The molecule has 0 aliphatic carbocycles. The van der Waals surface area contributed by atoms with Crippen molar-refractivity contribution in [2.45, 2.75) is 26.1 Å². The SMILES string of the molecule is Cc1ccccc1OC(=O)C(O)C(Oc1ccccc1C)C(=O)O. The Hall–Kier alpha value is -2.86. The number of aryl methyl sites for hydroxylation is 2. The maximum atomic E-state index is 12.1. The zero-order chi connectivity index (χ0) is 17.7. The highest BCUT2D eigenvalue weighted by molar-refractivity contribution is 5.86. The summed E-state index contributed by atoms with van der Waals surface area (Å²) in [5.74, 6) is -2.04. The summed E-state index contributed by atoms with van der Waals surface area (Å²) in [6.45, 7) is 3.46. The van der Waals surface area contributed by atoms with Gasteiger partial charge in [-0.1, -0.05) is 36.4 Å². The van der Waals surface area contributed by atoms with Crippen molar-refractivity contribution in [2.24, 2.45) is 0 Å². The number of aliphatic carboxylic acids is 1. The van der Waals surface area contributed by atoms with Gasteiger partial charge in [-0.2, -0.15) is 0 Å². The summed E-state index contributed by atoms with van der Waals surface area (Å²) in [7, 11) is 0. The van der Waals surface area contributed by atoms with Crippen LogP contribution in [0.1, 0.15) is 11.1 Å². The van der Waals surface area contributed by atoms with Crippen molar-refractivity contribution >= 4 is 11.9 Å². The average molecular weight is 330 g/mol. The molecule has 2 aromatic carbocycles. The second kappa shape index (κ2) is 7.61. The fourth-order valence-electron chi connectivity index (χ4n) is 2.04. The summed E-state index contributed by atoms with van der Waals surface area (Å²) < 4.78 is 10.4. The Morgan fingerprint density at radius 3 is 1.92 bits per heavy atom. The first-order valence-corrected chi connectivity index (χ1v) is 7.30. The summed E-state index contributed by atoms with van der Waals surface area (Å²) >= 11 is 0. The van der Waals surface area contributed by atoms with Crippen LogP contribution in [-0.2, 0) is 9.59 Å². The predicted octanol–water partition coefficient (Wildman–Crippen LogP) is 2.10. The maximum absolute atomic E-state index is 12.1. The molecule has 0 aromatic heterocycles. The summed E-state index contributed by atoms with van der Waals surface area (Å²) in [4.78, 5) is 23.5. The third-order valence-corrected chi connectivity index (χ3v) is 3.42. The minimum atomic E-state index is -1.97. The van der Waals surface area contributed by atoms with E-state index in [9.17, 15) is 19.8 Å². The van der Waals surface area contributed by atoms with Crippen LogP contribution in [0.2, 0.25) is 0 Å². The summed E-state index contributed by atoms with van der Waals surface area (Å²) in [5.41, 5.74) is 1.37. The molecule has 0 spiro atoms. The van der Waals surface area contributed by atoms with E-state index in [1.54, 1.807) is 62.4 Å². The molecule has 6 heteroatoms. The van der Waals surface area contributed by atoms with Crippen molar-refractivity contribution in [1.29, 1.82) is 0 Å². The van der Waals surface area contributed by atoms with Crippen LogP contribution in [0.15, 0.2) is 48.5 Å². The van der Waals surface area contributed by atoms with E-state index in [-0.39, 0.29) is 11.5 Å². The maximum Gasteiger partial charge on any atom is 0.348 e. The van der Waals surface area contributed by atoms with E-state index in [2.05, 4.69) is 0 Å². The largest absolute Gasteiger partial charge is 0.478 e.